The minimum absolute atomic E-state index is 0. The van der Waals surface area contributed by atoms with Crippen molar-refractivity contribution >= 4 is 51.2 Å². The summed E-state index contributed by atoms with van der Waals surface area (Å²) in [4.78, 5) is 13.5. The predicted octanol–water partition coefficient (Wildman–Crippen LogP) is 6.13. The van der Waals surface area contributed by atoms with E-state index in [-0.39, 0.29) is 24.7 Å². The number of carbonyl (C=O) groups is 1. The highest BCUT2D eigenvalue weighted by Crippen LogP contribution is 2.11. The molecule has 10 nitrogen and oxygen atoms in total. The van der Waals surface area contributed by atoms with Gasteiger partial charge in [0.05, 0.1) is 7.11 Å². The largest absolute Gasteiger partial charge is 0.475 e. The van der Waals surface area contributed by atoms with Crippen LogP contribution >= 0.6 is 24.4 Å². The van der Waals surface area contributed by atoms with Crippen LogP contribution in [0.15, 0.2) is 0 Å². The van der Waals surface area contributed by atoms with Gasteiger partial charge in [-0.25, -0.2) is 0 Å². The van der Waals surface area contributed by atoms with Crippen molar-refractivity contribution < 1.29 is 31.8 Å². The van der Waals surface area contributed by atoms with Crippen LogP contribution in [0.25, 0.3) is 0 Å². The molecular formula is C22H53N3O7S3. The van der Waals surface area contributed by atoms with Gasteiger partial charge in [-0.05, 0) is 44.7 Å². The first-order valence-corrected chi connectivity index (χ1v) is 13.7. The Bertz CT molecular complexity index is 567. The molecule has 0 radical (unpaired) electrons. The summed E-state index contributed by atoms with van der Waals surface area (Å²) in [7, 11) is -3.23. The van der Waals surface area contributed by atoms with Gasteiger partial charge in [-0.1, -0.05) is 79.6 Å². The zero-order chi connectivity index (χ0) is 26.7. The van der Waals surface area contributed by atoms with Crippen molar-refractivity contribution in [3.63, 3.8) is 0 Å². The lowest BCUT2D eigenvalue weighted by molar-refractivity contribution is -0.136. The van der Waals surface area contributed by atoms with E-state index in [4.69, 9.17) is 40.2 Å². The number of esters is 1. The zero-order valence-corrected chi connectivity index (χ0v) is 24.3. The summed E-state index contributed by atoms with van der Waals surface area (Å²) < 4.78 is 41.0. The molecule has 0 saturated heterocycles. The predicted molar refractivity (Wildman–Crippen MR) is 155 cm³/mol. The highest BCUT2D eigenvalue weighted by atomic mass is 32.3. The highest BCUT2D eigenvalue weighted by Gasteiger charge is 2.11. The summed E-state index contributed by atoms with van der Waals surface area (Å²) in [5.74, 6) is -0.185. The minimum atomic E-state index is -4.67. The lowest BCUT2D eigenvalue weighted by Gasteiger charge is -2.20. The summed E-state index contributed by atoms with van der Waals surface area (Å²) >= 11 is 9.36. The van der Waals surface area contributed by atoms with Gasteiger partial charge < -0.3 is 26.3 Å². The number of hydrogen-bond acceptors (Lipinski definition) is 8. The van der Waals surface area contributed by atoms with Crippen LogP contribution in [0.3, 0.4) is 0 Å². The van der Waals surface area contributed by atoms with Gasteiger partial charge in [-0.3, -0.25) is 13.9 Å². The molecule has 0 fully saturated rings. The molecule has 0 amide bonds. The lowest BCUT2D eigenvalue weighted by atomic mass is 10.1. The quantitative estimate of drug-likeness (QED) is 0.0920. The van der Waals surface area contributed by atoms with Crippen LogP contribution in [0.5, 0.6) is 0 Å². The molecule has 0 bridgehead atoms. The van der Waals surface area contributed by atoms with E-state index < -0.39 is 10.4 Å². The molecule has 0 aliphatic rings. The second kappa shape index (κ2) is 35.0. The molecule has 0 heterocycles. The van der Waals surface area contributed by atoms with Crippen LogP contribution in [-0.2, 0) is 24.7 Å². The molecule has 0 rings (SSSR count). The molecule has 216 valence electrons. The Morgan fingerprint density at radius 1 is 0.886 bits per heavy atom. The molecule has 13 heteroatoms. The number of thiocarbonyl (C=S) groups is 2. The summed E-state index contributed by atoms with van der Waals surface area (Å²) in [6, 6.07) is 0. The van der Waals surface area contributed by atoms with Crippen molar-refractivity contribution in [2.24, 2.45) is 5.73 Å². The Hall–Kier alpha value is -1.12. The Balaban J connectivity index is -0.000000125. The van der Waals surface area contributed by atoms with Gasteiger partial charge >= 0.3 is 16.4 Å². The third kappa shape index (κ3) is 55.0. The van der Waals surface area contributed by atoms with Crippen molar-refractivity contribution in [3.05, 3.63) is 0 Å². The van der Waals surface area contributed by atoms with Gasteiger partial charge in [0, 0.05) is 19.5 Å². The summed E-state index contributed by atoms with van der Waals surface area (Å²) in [6.45, 7) is 11.8. The Morgan fingerprint density at radius 2 is 1.20 bits per heavy atom. The first-order valence-electron chi connectivity index (χ1n) is 11.5. The van der Waals surface area contributed by atoms with Crippen molar-refractivity contribution in [1.29, 1.82) is 0 Å². The van der Waals surface area contributed by atoms with E-state index in [1.54, 1.807) is 0 Å². The lowest BCUT2D eigenvalue weighted by Crippen LogP contribution is -2.32. The van der Waals surface area contributed by atoms with Crippen molar-refractivity contribution in [2.75, 3.05) is 20.2 Å². The minimum Gasteiger partial charge on any atom is -0.475 e. The number of carbonyl (C=O) groups excluding carboxylic acids is 1. The van der Waals surface area contributed by atoms with Gasteiger partial charge in [-0.2, -0.15) is 8.42 Å². The standard InChI is InChI=1S/C17H33NO2S.C2H5NOS.C2H6.CH4.H3N.H2O4S/c1-4-7-8-9-10-11-12-13-14-15-16(19)20-17(21)18(5-2)6-3;1-4-2(3)5;1-2;;;1-5(2,3)4/h4-15H2,1-3H3;1H3,(H2,3,5);1-2H3;1H4;1H3;(H2,1,2,3,4). The molecule has 0 aromatic carbocycles. The third-order valence-corrected chi connectivity index (χ3v) is 4.42. The first kappa shape index (κ1) is 47.1. The Kier molecular flexibility index (Phi) is 47.2. The smallest absolute Gasteiger partial charge is 0.394 e. The van der Waals surface area contributed by atoms with E-state index in [9.17, 15) is 4.79 Å². The van der Waals surface area contributed by atoms with E-state index in [1.807, 2.05) is 32.6 Å². The molecule has 0 aromatic heterocycles. The summed E-state index contributed by atoms with van der Waals surface area (Å²) in [5.41, 5.74) is 4.80. The number of nitrogens with zero attached hydrogens (tertiary/aromatic N) is 1. The molecule has 35 heavy (non-hydrogen) atoms. The molecule has 0 unspecified atom stereocenters. The van der Waals surface area contributed by atoms with Gasteiger partial charge in [-0.15, -0.1) is 0 Å². The average Bonchev–Trinajstić information content (AvgIpc) is 2.74. The second-order valence-electron chi connectivity index (χ2n) is 6.46. The number of methoxy groups -OCH3 is 1. The number of nitrogens with two attached hydrogens (primary N) is 1. The van der Waals surface area contributed by atoms with Crippen molar-refractivity contribution in [3.8, 4) is 0 Å². The SMILES string of the molecule is C.CC.CCCCCCCCCCCC(=O)OC(=S)N(CC)CC.COC(N)=S.N.O=S(=O)(O)O. The van der Waals surface area contributed by atoms with Crippen LogP contribution in [0.4, 0.5) is 0 Å². The van der Waals surface area contributed by atoms with Crippen LogP contribution in [0.1, 0.15) is 106 Å². The monoisotopic (exact) mass is 567 g/mol. The number of unbranched alkanes of at least 4 members (excludes halogenated alkanes) is 8. The molecule has 7 N–H and O–H groups in total. The van der Waals surface area contributed by atoms with E-state index in [1.165, 1.54) is 52.1 Å². The van der Waals surface area contributed by atoms with Crippen molar-refractivity contribution in [2.45, 2.75) is 106 Å². The maximum absolute atomic E-state index is 11.7. The van der Waals surface area contributed by atoms with E-state index >= 15 is 0 Å². The van der Waals surface area contributed by atoms with Gasteiger partial charge in [0.15, 0.2) is 0 Å². The fourth-order valence-electron chi connectivity index (χ4n) is 2.27. The topological polar surface area (TPSA) is 174 Å². The van der Waals surface area contributed by atoms with Crippen LogP contribution in [-0.4, -0.2) is 58.9 Å². The van der Waals surface area contributed by atoms with Gasteiger partial charge in [0.1, 0.15) is 0 Å². The third-order valence-electron chi connectivity index (χ3n) is 3.91. The summed E-state index contributed by atoms with van der Waals surface area (Å²) in [6.07, 6.45) is 11.7. The number of ether oxygens (including phenoxy) is 2. The molecular weight excluding hydrogens is 514 g/mol. The first-order chi connectivity index (χ1) is 15.4. The van der Waals surface area contributed by atoms with E-state index in [2.05, 4.69) is 23.9 Å². The molecule has 0 aliphatic carbocycles. The molecule has 0 aliphatic heterocycles. The Labute approximate surface area is 225 Å². The zero-order valence-electron chi connectivity index (χ0n) is 21.9. The molecule has 0 spiro atoms. The van der Waals surface area contributed by atoms with E-state index in [0.29, 0.717) is 11.6 Å². The number of rotatable bonds is 12. The van der Waals surface area contributed by atoms with Gasteiger partial charge in [0.25, 0.3) is 10.3 Å². The average molecular weight is 568 g/mol. The maximum atomic E-state index is 11.7. The van der Waals surface area contributed by atoms with Crippen LogP contribution < -0.4 is 11.9 Å². The molecule has 0 saturated carbocycles. The fourth-order valence-corrected chi connectivity index (χ4v) is 2.63. The second-order valence-corrected chi connectivity index (χ2v) is 8.11. The molecule has 0 aromatic rings. The fraction of sp³-hybridized carbons (Fsp3) is 0.864. The summed E-state index contributed by atoms with van der Waals surface area (Å²) in [5, 5.41) is 0.408. The van der Waals surface area contributed by atoms with Crippen LogP contribution in [0, 0.1) is 0 Å². The normalized spacial score (nSPS) is 9.03. The highest BCUT2D eigenvalue weighted by molar-refractivity contribution is 7.80. The molecule has 0 atom stereocenters. The van der Waals surface area contributed by atoms with E-state index in [0.717, 1.165) is 25.9 Å². The van der Waals surface area contributed by atoms with Crippen LogP contribution in [0.2, 0.25) is 0 Å². The maximum Gasteiger partial charge on any atom is 0.394 e. The van der Waals surface area contributed by atoms with Gasteiger partial charge in [0.2, 0.25) is 0 Å². The number of hydrogen-bond donors (Lipinski definition) is 4. The van der Waals surface area contributed by atoms with Crippen molar-refractivity contribution in [1.82, 2.24) is 11.1 Å². The Morgan fingerprint density at radius 3 is 1.49 bits per heavy atom.